The fraction of sp³-hybridized carbons (Fsp3) is 0.267. The molecule has 1 aliphatic rings. The molecule has 0 radical (unpaired) electrons. The third-order valence-electron chi connectivity index (χ3n) is 6.23. The van der Waals surface area contributed by atoms with Crippen molar-refractivity contribution in [1.29, 1.82) is 0 Å². The number of aliphatic imine (C=N–C) groups is 1. The molecule has 0 aromatic heterocycles. The largest absolute Gasteiger partial charge is 0.490 e. The number of hydrogen-bond donors (Lipinski definition) is 0. The molecule has 1 aliphatic heterocycles. The van der Waals surface area contributed by atoms with Gasteiger partial charge in [0, 0.05) is 18.2 Å². The normalized spacial score (nSPS) is 16.1. The van der Waals surface area contributed by atoms with E-state index in [4.69, 9.17) is 14.5 Å². The molecular weight excluding hydrogens is 514 g/mol. The Morgan fingerprint density at radius 1 is 1.03 bits per heavy atom. The van der Waals surface area contributed by atoms with Gasteiger partial charge in [0.15, 0.2) is 16.7 Å². The smallest absolute Gasteiger partial charge is 0.269 e. The summed E-state index contributed by atoms with van der Waals surface area (Å²) in [6, 6.07) is 19.7. The van der Waals surface area contributed by atoms with E-state index in [1.165, 1.54) is 23.9 Å². The molecule has 4 rings (SSSR count). The van der Waals surface area contributed by atoms with E-state index in [1.54, 1.807) is 23.1 Å². The molecule has 0 bridgehead atoms. The first-order valence-electron chi connectivity index (χ1n) is 12.8. The number of amidine groups is 1. The van der Waals surface area contributed by atoms with E-state index in [9.17, 15) is 14.9 Å². The number of carbonyl (C=O) groups is 1. The van der Waals surface area contributed by atoms with Gasteiger partial charge in [-0.15, -0.1) is 0 Å². The molecule has 0 aliphatic carbocycles. The Morgan fingerprint density at radius 3 is 2.38 bits per heavy atom. The van der Waals surface area contributed by atoms with E-state index in [2.05, 4.69) is 6.92 Å². The number of non-ortho nitro benzene ring substituents is 1. The van der Waals surface area contributed by atoms with E-state index in [1.807, 2.05) is 63.2 Å². The summed E-state index contributed by atoms with van der Waals surface area (Å²) in [5.41, 5.74) is 3.59. The number of amides is 1. The van der Waals surface area contributed by atoms with Crippen LogP contribution in [0.4, 0.5) is 11.4 Å². The minimum Gasteiger partial charge on any atom is -0.490 e. The minimum atomic E-state index is -0.433. The number of rotatable bonds is 10. The molecule has 39 heavy (non-hydrogen) atoms. The zero-order valence-corrected chi connectivity index (χ0v) is 23.2. The van der Waals surface area contributed by atoms with Crippen LogP contribution in [0.1, 0.15) is 43.9 Å². The Hall–Kier alpha value is -4.11. The molecule has 8 nitrogen and oxygen atoms in total. The Labute approximate surface area is 232 Å². The molecule has 0 unspecified atom stereocenters. The van der Waals surface area contributed by atoms with Crippen molar-refractivity contribution in [2.24, 2.45) is 4.99 Å². The molecule has 3 aromatic rings. The summed E-state index contributed by atoms with van der Waals surface area (Å²) in [7, 11) is 0. The highest BCUT2D eigenvalue weighted by atomic mass is 32.2. The standard InChI is InChI=1S/C30H31N3O5S/c1-5-21(4)32-29(34)28(39-30(32)31-24-12-7-20(3)8-13-24)18-23-11-16-26(27(17-23)37-6-2)38-19-22-9-14-25(15-10-22)33(35)36/h7-18,21H,5-6,19H2,1-4H3/b28-18+,31-30?/t21-/m1/s1. The molecule has 1 saturated heterocycles. The second kappa shape index (κ2) is 12.6. The maximum Gasteiger partial charge on any atom is 0.269 e. The van der Waals surface area contributed by atoms with Gasteiger partial charge in [0.05, 0.1) is 22.1 Å². The van der Waals surface area contributed by atoms with Crippen LogP contribution >= 0.6 is 11.8 Å². The van der Waals surface area contributed by atoms with E-state index < -0.39 is 4.92 Å². The molecule has 1 amide bonds. The number of nitro benzene ring substituents is 1. The van der Waals surface area contributed by atoms with Gasteiger partial charge in [0.1, 0.15) is 6.61 Å². The zero-order chi connectivity index (χ0) is 27.9. The van der Waals surface area contributed by atoms with Crippen molar-refractivity contribution in [2.75, 3.05) is 6.61 Å². The molecule has 0 N–H and O–H groups in total. The van der Waals surface area contributed by atoms with Gasteiger partial charge in [-0.25, -0.2) is 4.99 Å². The van der Waals surface area contributed by atoms with Crippen molar-refractivity contribution < 1.29 is 19.2 Å². The van der Waals surface area contributed by atoms with E-state index in [0.29, 0.717) is 28.2 Å². The zero-order valence-electron chi connectivity index (χ0n) is 22.4. The molecule has 9 heteroatoms. The highest BCUT2D eigenvalue weighted by Crippen LogP contribution is 2.37. The predicted octanol–water partition coefficient (Wildman–Crippen LogP) is 7.28. The maximum absolute atomic E-state index is 13.4. The van der Waals surface area contributed by atoms with Crippen molar-refractivity contribution in [2.45, 2.75) is 46.8 Å². The Morgan fingerprint density at radius 2 is 1.74 bits per heavy atom. The molecule has 1 fully saturated rings. The fourth-order valence-electron chi connectivity index (χ4n) is 3.89. The van der Waals surface area contributed by atoms with Gasteiger partial charge < -0.3 is 9.47 Å². The van der Waals surface area contributed by atoms with Crippen LogP contribution in [0, 0.1) is 17.0 Å². The van der Waals surface area contributed by atoms with Crippen LogP contribution in [-0.4, -0.2) is 33.5 Å². The van der Waals surface area contributed by atoms with Crippen molar-refractivity contribution >= 4 is 40.3 Å². The number of ether oxygens (including phenoxy) is 2. The van der Waals surface area contributed by atoms with E-state index in [0.717, 1.165) is 28.8 Å². The summed E-state index contributed by atoms with van der Waals surface area (Å²) >= 11 is 1.37. The van der Waals surface area contributed by atoms with Crippen LogP contribution in [0.15, 0.2) is 76.6 Å². The quantitative estimate of drug-likeness (QED) is 0.151. The van der Waals surface area contributed by atoms with E-state index in [-0.39, 0.29) is 24.2 Å². The number of carbonyl (C=O) groups excluding carboxylic acids is 1. The highest BCUT2D eigenvalue weighted by molar-refractivity contribution is 8.18. The number of nitro groups is 1. The summed E-state index contributed by atoms with van der Waals surface area (Å²) in [5.74, 6) is 1.03. The Balaban J connectivity index is 1.57. The first-order chi connectivity index (χ1) is 18.8. The lowest BCUT2D eigenvalue weighted by Gasteiger charge is -2.22. The van der Waals surface area contributed by atoms with Crippen molar-refractivity contribution in [3.05, 3.63) is 98.4 Å². The topological polar surface area (TPSA) is 94.3 Å². The summed E-state index contributed by atoms with van der Waals surface area (Å²) in [6.07, 6.45) is 2.66. The monoisotopic (exact) mass is 545 g/mol. The summed E-state index contributed by atoms with van der Waals surface area (Å²) in [6.45, 7) is 8.67. The Kier molecular flexibility index (Phi) is 9.03. The molecule has 202 valence electrons. The van der Waals surface area contributed by atoms with Crippen molar-refractivity contribution in [1.82, 2.24) is 4.90 Å². The molecule has 0 saturated carbocycles. The third-order valence-corrected chi connectivity index (χ3v) is 7.22. The number of nitrogens with zero attached hydrogens (tertiary/aromatic N) is 3. The number of aryl methyl sites for hydroxylation is 1. The lowest BCUT2D eigenvalue weighted by atomic mass is 10.1. The van der Waals surface area contributed by atoms with Gasteiger partial charge in [-0.05, 0) is 92.6 Å². The number of benzene rings is 3. The average molecular weight is 546 g/mol. The fourth-order valence-corrected chi connectivity index (χ4v) is 4.98. The van der Waals surface area contributed by atoms with Crippen LogP contribution in [0.3, 0.4) is 0 Å². The van der Waals surface area contributed by atoms with Gasteiger partial charge in [0.2, 0.25) is 0 Å². The van der Waals surface area contributed by atoms with E-state index >= 15 is 0 Å². The van der Waals surface area contributed by atoms with Crippen molar-refractivity contribution in [3.8, 4) is 11.5 Å². The second-order valence-corrected chi connectivity index (χ2v) is 10.1. The van der Waals surface area contributed by atoms with Crippen LogP contribution in [0.25, 0.3) is 6.08 Å². The van der Waals surface area contributed by atoms with Crippen LogP contribution < -0.4 is 9.47 Å². The van der Waals surface area contributed by atoms with Gasteiger partial charge in [0.25, 0.3) is 11.6 Å². The first kappa shape index (κ1) is 27.9. The minimum absolute atomic E-state index is 0.00859. The van der Waals surface area contributed by atoms with Gasteiger partial charge >= 0.3 is 0 Å². The molecule has 3 aromatic carbocycles. The molecular formula is C30H31N3O5S. The first-order valence-corrected chi connectivity index (χ1v) is 13.6. The summed E-state index contributed by atoms with van der Waals surface area (Å²) in [5, 5.41) is 11.5. The Bertz CT molecular complexity index is 1400. The van der Waals surface area contributed by atoms with Gasteiger partial charge in [-0.1, -0.05) is 30.7 Å². The summed E-state index contributed by atoms with van der Waals surface area (Å²) in [4.78, 5) is 31.0. The van der Waals surface area contributed by atoms with Crippen LogP contribution in [0.5, 0.6) is 11.5 Å². The second-order valence-electron chi connectivity index (χ2n) is 9.12. The van der Waals surface area contributed by atoms with Gasteiger partial charge in [-0.2, -0.15) is 0 Å². The third kappa shape index (κ3) is 6.86. The number of thioether (sulfide) groups is 1. The molecule has 1 atom stereocenters. The van der Waals surface area contributed by atoms with Crippen LogP contribution in [0.2, 0.25) is 0 Å². The maximum atomic E-state index is 13.4. The summed E-state index contributed by atoms with van der Waals surface area (Å²) < 4.78 is 11.8. The number of hydrogen-bond acceptors (Lipinski definition) is 7. The molecule has 1 heterocycles. The predicted molar refractivity (Wildman–Crippen MR) is 155 cm³/mol. The van der Waals surface area contributed by atoms with Crippen LogP contribution in [-0.2, 0) is 11.4 Å². The lowest BCUT2D eigenvalue weighted by Crippen LogP contribution is -2.36. The van der Waals surface area contributed by atoms with Gasteiger partial charge in [-0.3, -0.25) is 19.8 Å². The molecule has 0 spiro atoms. The van der Waals surface area contributed by atoms with Crippen molar-refractivity contribution in [3.63, 3.8) is 0 Å². The SMILES string of the molecule is CCOc1cc(/C=C2/SC(=Nc3ccc(C)cc3)N([C@H](C)CC)C2=O)ccc1OCc1ccc([N+](=O)[O-])cc1. The lowest BCUT2D eigenvalue weighted by molar-refractivity contribution is -0.384. The highest BCUT2D eigenvalue weighted by Gasteiger charge is 2.36. The average Bonchev–Trinajstić information content (AvgIpc) is 3.23.